The molecule has 0 radical (unpaired) electrons. The number of esters is 1. The van der Waals surface area contributed by atoms with Gasteiger partial charge in [-0.05, 0) is 24.1 Å². The first-order valence-corrected chi connectivity index (χ1v) is 10.3. The summed E-state index contributed by atoms with van der Waals surface area (Å²) < 4.78 is 6.12. The van der Waals surface area contributed by atoms with Crippen LogP contribution < -0.4 is 5.56 Å². The van der Waals surface area contributed by atoms with Crippen molar-refractivity contribution >= 4 is 34.4 Å². The fraction of sp³-hybridized carbons (Fsp3) is 0.273. The fourth-order valence-corrected chi connectivity index (χ4v) is 3.82. The predicted octanol–water partition coefficient (Wildman–Crippen LogP) is 3.50. The lowest BCUT2D eigenvalue weighted by molar-refractivity contribution is -0.140. The molecule has 0 saturated heterocycles. The van der Waals surface area contributed by atoms with Crippen molar-refractivity contribution < 1.29 is 14.3 Å². The third-order valence-electron chi connectivity index (χ3n) is 4.61. The van der Waals surface area contributed by atoms with Crippen LogP contribution in [0.4, 0.5) is 0 Å². The Hall–Kier alpha value is -2.93. The first-order valence-electron chi connectivity index (χ1n) is 9.34. The zero-order valence-electron chi connectivity index (χ0n) is 16.4. The molecule has 0 amide bonds. The van der Waals surface area contributed by atoms with E-state index in [0.29, 0.717) is 21.6 Å². The third-order valence-corrected chi connectivity index (χ3v) is 5.59. The van der Waals surface area contributed by atoms with Gasteiger partial charge in [-0.1, -0.05) is 55.1 Å². The predicted molar refractivity (Wildman–Crippen MR) is 114 cm³/mol. The van der Waals surface area contributed by atoms with Crippen LogP contribution in [0.3, 0.4) is 0 Å². The van der Waals surface area contributed by atoms with Crippen LogP contribution in [-0.2, 0) is 22.5 Å². The van der Waals surface area contributed by atoms with E-state index in [-0.39, 0.29) is 30.1 Å². The molecule has 0 unspecified atom stereocenters. The van der Waals surface area contributed by atoms with Crippen LogP contribution in [0.5, 0.6) is 0 Å². The molecule has 0 fully saturated rings. The Morgan fingerprint density at radius 2 is 1.83 bits per heavy atom. The van der Waals surface area contributed by atoms with E-state index in [2.05, 4.69) is 16.6 Å². The van der Waals surface area contributed by atoms with E-state index >= 15 is 0 Å². The molecule has 0 aliphatic carbocycles. The molecule has 7 heteroatoms. The van der Waals surface area contributed by atoms with Crippen LogP contribution in [0.2, 0.25) is 0 Å². The Labute approximate surface area is 172 Å². The Morgan fingerprint density at radius 1 is 1.10 bits per heavy atom. The maximum Gasteiger partial charge on any atom is 0.307 e. The SMILES string of the molecule is CCc1ccc(C(=O)CSc2nc3ccccc3c(=O)n2CCC(=O)OC)cc1. The summed E-state index contributed by atoms with van der Waals surface area (Å²) in [6.07, 6.45) is 0.965. The number of ether oxygens (including phenoxy) is 1. The Morgan fingerprint density at radius 3 is 2.52 bits per heavy atom. The van der Waals surface area contributed by atoms with E-state index in [9.17, 15) is 14.4 Å². The van der Waals surface area contributed by atoms with Crippen molar-refractivity contribution in [2.75, 3.05) is 12.9 Å². The summed E-state index contributed by atoms with van der Waals surface area (Å²) in [5.41, 5.74) is 2.12. The largest absolute Gasteiger partial charge is 0.469 e. The summed E-state index contributed by atoms with van der Waals surface area (Å²) in [6, 6.07) is 14.6. The highest BCUT2D eigenvalue weighted by Crippen LogP contribution is 2.20. The van der Waals surface area contributed by atoms with Crippen molar-refractivity contribution in [3.63, 3.8) is 0 Å². The molecule has 6 nitrogen and oxygen atoms in total. The summed E-state index contributed by atoms with van der Waals surface area (Å²) in [5, 5.41) is 0.888. The van der Waals surface area contributed by atoms with Crippen molar-refractivity contribution in [3.05, 3.63) is 70.0 Å². The highest BCUT2D eigenvalue weighted by Gasteiger charge is 2.15. The Bertz CT molecular complexity index is 1090. The first-order chi connectivity index (χ1) is 14.0. The number of aryl methyl sites for hydroxylation is 1. The van der Waals surface area contributed by atoms with Gasteiger partial charge in [0.05, 0.1) is 30.2 Å². The number of Topliss-reactive ketones (excluding diaryl/α,β-unsaturated/α-hetero) is 1. The fourth-order valence-electron chi connectivity index (χ4n) is 2.90. The number of rotatable bonds is 8. The summed E-state index contributed by atoms with van der Waals surface area (Å²) in [6.45, 7) is 2.21. The minimum absolute atomic E-state index is 0.0421. The van der Waals surface area contributed by atoms with Gasteiger partial charge < -0.3 is 4.74 Å². The van der Waals surface area contributed by atoms with Crippen LogP contribution >= 0.6 is 11.8 Å². The number of ketones is 1. The molecule has 0 spiro atoms. The van der Waals surface area contributed by atoms with Gasteiger partial charge in [0.25, 0.3) is 5.56 Å². The maximum atomic E-state index is 12.9. The molecule has 3 aromatic rings. The molecule has 0 N–H and O–H groups in total. The molecule has 0 aliphatic heterocycles. The van der Waals surface area contributed by atoms with Crippen LogP contribution in [0, 0.1) is 0 Å². The lowest BCUT2D eigenvalue weighted by Gasteiger charge is -2.12. The van der Waals surface area contributed by atoms with E-state index in [1.165, 1.54) is 29.0 Å². The zero-order valence-corrected chi connectivity index (χ0v) is 17.2. The smallest absolute Gasteiger partial charge is 0.307 e. The van der Waals surface area contributed by atoms with Gasteiger partial charge in [0, 0.05) is 12.1 Å². The number of methoxy groups -OCH3 is 1. The highest BCUT2D eigenvalue weighted by atomic mass is 32.2. The molecule has 150 valence electrons. The van der Waals surface area contributed by atoms with E-state index in [1.54, 1.807) is 18.2 Å². The number of hydrogen-bond acceptors (Lipinski definition) is 6. The number of benzene rings is 2. The van der Waals surface area contributed by atoms with Crippen LogP contribution in [0.1, 0.15) is 29.3 Å². The van der Waals surface area contributed by atoms with Gasteiger partial charge in [-0.15, -0.1) is 0 Å². The Balaban J connectivity index is 1.86. The molecule has 0 aliphatic rings. The summed E-state index contributed by atoms with van der Waals surface area (Å²) in [5.74, 6) is -0.304. The molecule has 3 rings (SSSR count). The maximum absolute atomic E-state index is 12.9. The number of carbonyl (C=O) groups excluding carboxylic acids is 2. The molecule has 1 aromatic heterocycles. The third kappa shape index (κ3) is 4.92. The molecule has 0 atom stereocenters. The second-order valence-electron chi connectivity index (χ2n) is 6.46. The van der Waals surface area contributed by atoms with Gasteiger partial charge in [0.15, 0.2) is 10.9 Å². The van der Waals surface area contributed by atoms with Crippen LogP contribution in [0.15, 0.2) is 58.5 Å². The number of aromatic nitrogens is 2. The first kappa shape index (κ1) is 20.8. The molecule has 0 bridgehead atoms. The number of nitrogens with zero attached hydrogens (tertiary/aromatic N) is 2. The average Bonchev–Trinajstić information content (AvgIpc) is 2.76. The number of thioether (sulfide) groups is 1. The zero-order chi connectivity index (χ0) is 20.8. The summed E-state index contributed by atoms with van der Waals surface area (Å²) in [4.78, 5) is 41.6. The van der Waals surface area contributed by atoms with Crippen molar-refractivity contribution in [1.29, 1.82) is 0 Å². The second-order valence-corrected chi connectivity index (χ2v) is 7.40. The minimum atomic E-state index is -0.409. The van der Waals surface area contributed by atoms with Gasteiger partial charge in [0.2, 0.25) is 0 Å². The molecule has 2 aromatic carbocycles. The Kier molecular flexibility index (Phi) is 6.82. The second kappa shape index (κ2) is 9.52. The molecular formula is C22H22N2O4S. The van der Waals surface area contributed by atoms with E-state index in [4.69, 9.17) is 0 Å². The van der Waals surface area contributed by atoms with Crippen molar-refractivity contribution in [3.8, 4) is 0 Å². The number of carbonyl (C=O) groups is 2. The number of hydrogen-bond donors (Lipinski definition) is 0. The molecule has 1 heterocycles. The normalized spacial score (nSPS) is 10.8. The highest BCUT2D eigenvalue weighted by molar-refractivity contribution is 7.99. The standard InChI is InChI=1S/C22H22N2O4S/c1-3-15-8-10-16(11-9-15)19(25)14-29-22-23-18-7-5-4-6-17(18)21(27)24(22)13-12-20(26)28-2/h4-11H,3,12-14H2,1-2H3. The van der Waals surface area contributed by atoms with Gasteiger partial charge in [-0.2, -0.15) is 0 Å². The summed E-state index contributed by atoms with van der Waals surface area (Å²) >= 11 is 1.20. The number of fused-ring (bicyclic) bond motifs is 1. The minimum Gasteiger partial charge on any atom is -0.469 e. The van der Waals surface area contributed by atoms with Crippen LogP contribution in [0.25, 0.3) is 10.9 Å². The van der Waals surface area contributed by atoms with E-state index in [0.717, 1.165) is 6.42 Å². The molecule has 0 saturated carbocycles. The lowest BCUT2D eigenvalue weighted by atomic mass is 10.1. The van der Waals surface area contributed by atoms with E-state index in [1.807, 2.05) is 30.3 Å². The van der Waals surface area contributed by atoms with Gasteiger partial charge in [0.1, 0.15) is 0 Å². The monoisotopic (exact) mass is 410 g/mol. The van der Waals surface area contributed by atoms with Crippen LogP contribution in [-0.4, -0.2) is 34.2 Å². The quantitative estimate of drug-likeness (QED) is 0.245. The number of para-hydroxylation sites is 1. The van der Waals surface area contributed by atoms with Gasteiger partial charge >= 0.3 is 5.97 Å². The van der Waals surface area contributed by atoms with Gasteiger partial charge in [-0.25, -0.2) is 4.98 Å². The van der Waals surface area contributed by atoms with E-state index < -0.39 is 5.97 Å². The topological polar surface area (TPSA) is 78.3 Å². The summed E-state index contributed by atoms with van der Waals surface area (Å²) in [7, 11) is 1.31. The van der Waals surface area contributed by atoms with Crippen molar-refractivity contribution in [1.82, 2.24) is 9.55 Å². The van der Waals surface area contributed by atoms with Crippen molar-refractivity contribution in [2.24, 2.45) is 0 Å². The van der Waals surface area contributed by atoms with Gasteiger partial charge in [-0.3, -0.25) is 19.0 Å². The average molecular weight is 410 g/mol. The molecular weight excluding hydrogens is 388 g/mol. The lowest BCUT2D eigenvalue weighted by Crippen LogP contribution is -2.25. The molecule has 29 heavy (non-hydrogen) atoms. The van der Waals surface area contributed by atoms with Crippen molar-refractivity contribution in [2.45, 2.75) is 31.5 Å².